The predicted octanol–water partition coefficient (Wildman–Crippen LogP) is 0.546. The zero-order valence-electron chi connectivity index (χ0n) is 9.75. The Balaban J connectivity index is 2.41. The van der Waals surface area contributed by atoms with Gasteiger partial charge in [0.05, 0.1) is 7.11 Å². The topological polar surface area (TPSA) is 58.6 Å². The second-order valence-electron chi connectivity index (χ2n) is 5.04. The molecule has 0 amide bonds. The summed E-state index contributed by atoms with van der Waals surface area (Å²) in [5.74, 6) is 0.234. The minimum atomic E-state index is -0.194. The molecule has 0 aromatic rings. The van der Waals surface area contributed by atoms with E-state index in [9.17, 15) is 4.79 Å². The standard InChI is InChI=1S/C11H21NO3/c1-11(2,7-13)6-12-9(8-4-5-8)10(14)15-3/h8-9,12-13H,4-7H2,1-3H3. The van der Waals surface area contributed by atoms with E-state index in [4.69, 9.17) is 9.84 Å². The van der Waals surface area contributed by atoms with Crippen LogP contribution >= 0.6 is 0 Å². The molecule has 0 spiro atoms. The summed E-state index contributed by atoms with van der Waals surface area (Å²) >= 11 is 0. The van der Waals surface area contributed by atoms with Gasteiger partial charge in [-0.1, -0.05) is 13.8 Å². The van der Waals surface area contributed by atoms with Gasteiger partial charge in [-0.15, -0.1) is 0 Å². The summed E-state index contributed by atoms with van der Waals surface area (Å²) in [6, 6.07) is -0.194. The highest BCUT2D eigenvalue weighted by atomic mass is 16.5. The van der Waals surface area contributed by atoms with Gasteiger partial charge in [-0.25, -0.2) is 0 Å². The molecule has 15 heavy (non-hydrogen) atoms. The quantitative estimate of drug-likeness (QED) is 0.635. The zero-order valence-corrected chi connectivity index (χ0v) is 9.75. The molecule has 1 aliphatic carbocycles. The Labute approximate surface area is 91.0 Å². The number of hydrogen-bond acceptors (Lipinski definition) is 4. The fourth-order valence-corrected chi connectivity index (χ4v) is 1.44. The third-order valence-electron chi connectivity index (χ3n) is 2.78. The molecule has 0 heterocycles. The molecule has 0 saturated heterocycles. The largest absolute Gasteiger partial charge is 0.468 e. The number of methoxy groups -OCH3 is 1. The predicted molar refractivity (Wildman–Crippen MR) is 57.4 cm³/mol. The van der Waals surface area contributed by atoms with Crippen molar-refractivity contribution in [3.63, 3.8) is 0 Å². The normalized spacial score (nSPS) is 18.7. The van der Waals surface area contributed by atoms with Crippen LogP contribution in [-0.4, -0.2) is 37.4 Å². The first-order chi connectivity index (χ1) is 7.00. The van der Waals surface area contributed by atoms with Crippen molar-refractivity contribution in [2.75, 3.05) is 20.3 Å². The number of ether oxygens (including phenoxy) is 1. The van der Waals surface area contributed by atoms with E-state index >= 15 is 0 Å². The number of carbonyl (C=O) groups is 1. The Morgan fingerprint density at radius 1 is 1.60 bits per heavy atom. The Morgan fingerprint density at radius 3 is 2.60 bits per heavy atom. The minimum Gasteiger partial charge on any atom is -0.468 e. The molecule has 1 aliphatic rings. The average molecular weight is 215 g/mol. The number of esters is 1. The summed E-state index contributed by atoms with van der Waals surface area (Å²) in [5.41, 5.74) is -0.193. The van der Waals surface area contributed by atoms with E-state index in [1.54, 1.807) is 0 Å². The fourth-order valence-electron chi connectivity index (χ4n) is 1.44. The van der Waals surface area contributed by atoms with Crippen LogP contribution in [-0.2, 0) is 9.53 Å². The van der Waals surface area contributed by atoms with Crippen molar-refractivity contribution in [3.05, 3.63) is 0 Å². The van der Waals surface area contributed by atoms with Crippen LogP contribution in [0, 0.1) is 11.3 Å². The molecule has 0 bridgehead atoms. The molecule has 4 nitrogen and oxygen atoms in total. The smallest absolute Gasteiger partial charge is 0.323 e. The molecular formula is C11H21NO3. The third-order valence-corrected chi connectivity index (χ3v) is 2.78. The van der Waals surface area contributed by atoms with Gasteiger partial charge in [0.25, 0.3) is 0 Å². The summed E-state index contributed by atoms with van der Waals surface area (Å²) in [5, 5.41) is 12.3. The molecule has 1 unspecified atom stereocenters. The van der Waals surface area contributed by atoms with Crippen molar-refractivity contribution < 1.29 is 14.6 Å². The Bertz CT molecular complexity index is 224. The number of rotatable bonds is 6. The number of carbonyl (C=O) groups excluding carboxylic acids is 1. The lowest BCUT2D eigenvalue weighted by Crippen LogP contribution is -2.44. The summed E-state index contributed by atoms with van der Waals surface area (Å²) in [6.07, 6.45) is 2.18. The van der Waals surface area contributed by atoms with Gasteiger partial charge >= 0.3 is 5.97 Å². The maximum atomic E-state index is 11.5. The molecule has 1 fully saturated rings. The number of aliphatic hydroxyl groups excluding tert-OH is 1. The molecule has 0 aromatic heterocycles. The maximum absolute atomic E-state index is 11.5. The van der Waals surface area contributed by atoms with Gasteiger partial charge in [0.2, 0.25) is 0 Å². The summed E-state index contributed by atoms with van der Waals surface area (Å²) in [6.45, 7) is 4.65. The van der Waals surface area contributed by atoms with E-state index in [-0.39, 0.29) is 24.0 Å². The second kappa shape index (κ2) is 4.94. The monoisotopic (exact) mass is 215 g/mol. The van der Waals surface area contributed by atoms with Crippen molar-refractivity contribution in [1.82, 2.24) is 5.32 Å². The third kappa shape index (κ3) is 3.80. The molecular weight excluding hydrogens is 194 g/mol. The van der Waals surface area contributed by atoms with Gasteiger partial charge < -0.3 is 15.2 Å². The highest BCUT2D eigenvalue weighted by Crippen LogP contribution is 2.33. The molecule has 1 rings (SSSR count). The van der Waals surface area contributed by atoms with Gasteiger partial charge in [0.15, 0.2) is 0 Å². The number of hydrogen-bond donors (Lipinski definition) is 2. The zero-order chi connectivity index (χ0) is 11.5. The molecule has 4 heteroatoms. The summed E-state index contributed by atoms with van der Waals surface area (Å²) < 4.78 is 4.75. The molecule has 2 N–H and O–H groups in total. The lowest BCUT2D eigenvalue weighted by atomic mass is 9.94. The van der Waals surface area contributed by atoms with Crippen molar-refractivity contribution in [3.8, 4) is 0 Å². The van der Waals surface area contributed by atoms with Crippen LogP contribution in [0.15, 0.2) is 0 Å². The van der Waals surface area contributed by atoms with E-state index in [1.807, 2.05) is 13.8 Å². The number of aliphatic hydroxyl groups is 1. The maximum Gasteiger partial charge on any atom is 0.323 e. The summed E-state index contributed by atoms with van der Waals surface area (Å²) in [4.78, 5) is 11.5. The SMILES string of the molecule is COC(=O)C(NCC(C)(C)CO)C1CC1. The Morgan fingerprint density at radius 2 is 2.20 bits per heavy atom. The van der Waals surface area contributed by atoms with Gasteiger partial charge in [0.1, 0.15) is 6.04 Å². The van der Waals surface area contributed by atoms with Gasteiger partial charge in [-0.2, -0.15) is 0 Å². The number of nitrogens with one attached hydrogen (secondary N) is 1. The lowest BCUT2D eigenvalue weighted by Gasteiger charge is -2.25. The van der Waals surface area contributed by atoms with Gasteiger partial charge in [0, 0.05) is 18.6 Å². The van der Waals surface area contributed by atoms with Crippen LogP contribution in [0.1, 0.15) is 26.7 Å². The van der Waals surface area contributed by atoms with Gasteiger partial charge in [-0.3, -0.25) is 4.79 Å². The molecule has 1 atom stereocenters. The fraction of sp³-hybridized carbons (Fsp3) is 0.909. The minimum absolute atomic E-state index is 0.110. The average Bonchev–Trinajstić information content (AvgIpc) is 3.01. The highest BCUT2D eigenvalue weighted by Gasteiger charge is 2.37. The van der Waals surface area contributed by atoms with Crippen LogP contribution in [0.5, 0.6) is 0 Å². The van der Waals surface area contributed by atoms with E-state index < -0.39 is 0 Å². The molecule has 0 aromatic carbocycles. The van der Waals surface area contributed by atoms with Crippen molar-refractivity contribution >= 4 is 5.97 Å². The van der Waals surface area contributed by atoms with E-state index in [0.29, 0.717) is 12.5 Å². The Hall–Kier alpha value is -0.610. The van der Waals surface area contributed by atoms with Crippen LogP contribution in [0.25, 0.3) is 0 Å². The van der Waals surface area contributed by atoms with Crippen LogP contribution in [0.2, 0.25) is 0 Å². The van der Waals surface area contributed by atoms with Crippen molar-refractivity contribution in [2.45, 2.75) is 32.7 Å². The van der Waals surface area contributed by atoms with Crippen LogP contribution < -0.4 is 5.32 Å². The lowest BCUT2D eigenvalue weighted by molar-refractivity contribution is -0.143. The first kappa shape index (κ1) is 12.5. The van der Waals surface area contributed by atoms with E-state index in [2.05, 4.69) is 5.32 Å². The molecule has 1 saturated carbocycles. The molecule has 88 valence electrons. The van der Waals surface area contributed by atoms with Gasteiger partial charge in [-0.05, 0) is 18.8 Å². The van der Waals surface area contributed by atoms with Crippen LogP contribution in [0.4, 0.5) is 0 Å². The van der Waals surface area contributed by atoms with Crippen molar-refractivity contribution in [1.29, 1.82) is 0 Å². The first-order valence-corrected chi connectivity index (χ1v) is 5.42. The van der Waals surface area contributed by atoms with Crippen LogP contribution in [0.3, 0.4) is 0 Å². The first-order valence-electron chi connectivity index (χ1n) is 5.42. The second-order valence-corrected chi connectivity index (χ2v) is 5.04. The van der Waals surface area contributed by atoms with E-state index in [0.717, 1.165) is 12.8 Å². The molecule has 0 aliphatic heterocycles. The summed E-state index contributed by atoms with van der Waals surface area (Å²) in [7, 11) is 1.41. The van der Waals surface area contributed by atoms with Crippen molar-refractivity contribution in [2.24, 2.45) is 11.3 Å². The highest BCUT2D eigenvalue weighted by molar-refractivity contribution is 5.76. The van der Waals surface area contributed by atoms with E-state index in [1.165, 1.54) is 7.11 Å². The molecule has 0 radical (unpaired) electrons. The Kier molecular flexibility index (Phi) is 4.11.